The Kier molecular flexibility index (Phi) is 3.58. The Morgan fingerprint density at radius 2 is 2.11 bits per heavy atom. The van der Waals surface area contributed by atoms with Crippen LogP contribution in [0.3, 0.4) is 0 Å². The third-order valence-electron chi connectivity index (χ3n) is 2.77. The van der Waals surface area contributed by atoms with Gasteiger partial charge in [-0.25, -0.2) is 4.39 Å². The highest BCUT2D eigenvalue weighted by Crippen LogP contribution is 2.12. The lowest BCUT2D eigenvalue weighted by Gasteiger charge is -2.12. The zero-order valence-electron chi connectivity index (χ0n) is 10.4. The number of pyridine rings is 1. The van der Waals surface area contributed by atoms with E-state index in [2.05, 4.69) is 5.32 Å². The van der Waals surface area contributed by atoms with E-state index in [9.17, 15) is 9.18 Å². The summed E-state index contributed by atoms with van der Waals surface area (Å²) in [7, 11) is 1.78. The van der Waals surface area contributed by atoms with Gasteiger partial charge in [0.25, 0.3) is 0 Å². The summed E-state index contributed by atoms with van der Waals surface area (Å²) >= 11 is 0. The van der Waals surface area contributed by atoms with Crippen molar-refractivity contribution in [1.29, 1.82) is 0 Å². The van der Waals surface area contributed by atoms with Crippen LogP contribution in [0.4, 0.5) is 4.39 Å². The molecule has 1 heterocycles. The molecule has 0 aliphatic heterocycles. The number of nitrogens with zero attached hydrogens (tertiary/aromatic N) is 1. The van der Waals surface area contributed by atoms with Gasteiger partial charge in [0.15, 0.2) is 5.43 Å². The van der Waals surface area contributed by atoms with Crippen molar-refractivity contribution in [2.75, 3.05) is 7.05 Å². The summed E-state index contributed by atoms with van der Waals surface area (Å²) < 4.78 is 15.0. The number of aryl methyl sites for hydroxylation is 1. The standard InChI is InChI=1S/C14H15FN2O/c1-10-6-14(18)11(8-16-2)9-17(10)13-5-3-4-12(15)7-13/h3-7,9,16H,8H2,1-2H3. The maximum Gasteiger partial charge on any atom is 0.186 e. The maximum absolute atomic E-state index is 13.2. The minimum Gasteiger partial charge on any atom is -0.320 e. The van der Waals surface area contributed by atoms with Gasteiger partial charge >= 0.3 is 0 Å². The van der Waals surface area contributed by atoms with Gasteiger partial charge in [0, 0.05) is 35.8 Å². The molecule has 4 heteroatoms. The minimum absolute atomic E-state index is 0.00509. The summed E-state index contributed by atoms with van der Waals surface area (Å²) in [6.45, 7) is 2.32. The predicted molar refractivity (Wildman–Crippen MR) is 69.5 cm³/mol. The molecule has 0 unspecified atom stereocenters. The van der Waals surface area contributed by atoms with Crippen LogP contribution in [0.1, 0.15) is 11.3 Å². The van der Waals surface area contributed by atoms with Crippen LogP contribution in [0.5, 0.6) is 0 Å². The molecule has 1 aromatic heterocycles. The molecule has 0 saturated carbocycles. The van der Waals surface area contributed by atoms with Crippen LogP contribution in [0.25, 0.3) is 5.69 Å². The van der Waals surface area contributed by atoms with Gasteiger partial charge in [-0.1, -0.05) is 6.07 Å². The quantitative estimate of drug-likeness (QED) is 0.898. The van der Waals surface area contributed by atoms with E-state index >= 15 is 0 Å². The molecule has 0 saturated heterocycles. The SMILES string of the molecule is CNCc1cn(-c2cccc(F)c2)c(C)cc1=O. The van der Waals surface area contributed by atoms with Gasteiger partial charge in [0.2, 0.25) is 0 Å². The molecule has 0 bridgehead atoms. The molecular weight excluding hydrogens is 231 g/mol. The Hall–Kier alpha value is -1.94. The number of hydrogen-bond acceptors (Lipinski definition) is 2. The van der Waals surface area contributed by atoms with Crippen LogP contribution in [0, 0.1) is 12.7 Å². The fraction of sp³-hybridized carbons (Fsp3) is 0.214. The fourth-order valence-electron chi connectivity index (χ4n) is 1.90. The zero-order valence-corrected chi connectivity index (χ0v) is 10.4. The van der Waals surface area contributed by atoms with Crippen LogP contribution in [-0.2, 0) is 6.54 Å². The molecule has 2 aromatic rings. The van der Waals surface area contributed by atoms with Crippen molar-refractivity contribution >= 4 is 0 Å². The molecule has 0 spiro atoms. The zero-order chi connectivity index (χ0) is 13.1. The smallest absolute Gasteiger partial charge is 0.186 e. The molecule has 94 valence electrons. The molecule has 0 atom stereocenters. The molecule has 0 aliphatic rings. The predicted octanol–water partition coefficient (Wildman–Crippen LogP) is 2.00. The average molecular weight is 246 g/mol. The summed E-state index contributed by atoms with van der Waals surface area (Å²) in [5.74, 6) is -0.291. The number of rotatable bonds is 3. The molecule has 0 amide bonds. The molecular formula is C14H15FN2O. The second-order valence-corrected chi connectivity index (χ2v) is 4.18. The number of halogens is 1. The van der Waals surface area contributed by atoms with Gasteiger partial charge in [-0.3, -0.25) is 4.79 Å². The van der Waals surface area contributed by atoms with E-state index in [4.69, 9.17) is 0 Å². The van der Waals surface area contributed by atoms with Crippen LogP contribution in [0.2, 0.25) is 0 Å². The Morgan fingerprint density at radius 1 is 1.33 bits per heavy atom. The van der Waals surface area contributed by atoms with E-state index in [1.807, 2.05) is 17.6 Å². The Morgan fingerprint density at radius 3 is 2.78 bits per heavy atom. The Bertz CT molecular complexity index is 619. The first-order valence-corrected chi connectivity index (χ1v) is 5.74. The molecule has 1 aromatic carbocycles. The van der Waals surface area contributed by atoms with Crippen LogP contribution >= 0.6 is 0 Å². The highest BCUT2D eigenvalue weighted by molar-refractivity contribution is 5.35. The van der Waals surface area contributed by atoms with Gasteiger partial charge < -0.3 is 9.88 Å². The van der Waals surface area contributed by atoms with Crippen molar-refractivity contribution < 1.29 is 4.39 Å². The molecule has 18 heavy (non-hydrogen) atoms. The lowest BCUT2D eigenvalue weighted by molar-refractivity contribution is 0.626. The van der Waals surface area contributed by atoms with Crippen LogP contribution in [-0.4, -0.2) is 11.6 Å². The van der Waals surface area contributed by atoms with Crippen molar-refractivity contribution in [3.63, 3.8) is 0 Å². The van der Waals surface area contributed by atoms with Crippen LogP contribution in [0.15, 0.2) is 41.3 Å². The summed E-state index contributed by atoms with van der Waals surface area (Å²) in [4.78, 5) is 11.8. The first-order valence-electron chi connectivity index (χ1n) is 5.74. The minimum atomic E-state index is -0.291. The average Bonchev–Trinajstić information content (AvgIpc) is 2.33. The molecule has 0 aliphatic carbocycles. The highest BCUT2D eigenvalue weighted by atomic mass is 19.1. The number of hydrogen-bond donors (Lipinski definition) is 1. The van der Waals surface area contributed by atoms with Gasteiger partial charge in [-0.15, -0.1) is 0 Å². The molecule has 1 N–H and O–H groups in total. The summed E-state index contributed by atoms with van der Waals surface area (Å²) in [5.41, 5.74) is 2.15. The lowest BCUT2D eigenvalue weighted by Crippen LogP contribution is -2.19. The van der Waals surface area contributed by atoms with Crippen molar-refractivity contribution in [3.05, 3.63) is 63.8 Å². The van der Waals surface area contributed by atoms with E-state index < -0.39 is 0 Å². The Balaban J connectivity index is 2.57. The fourth-order valence-corrected chi connectivity index (χ4v) is 1.90. The number of benzene rings is 1. The largest absolute Gasteiger partial charge is 0.320 e. The lowest BCUT2D eigenvalue weighted by atomic mass is 10.2. The van der Waals surface area contributed by atoms with Crippen molar-refractivity contribution in [1.82, 2.24) is 9.88 Å². The normalized spacial score (nSPS) is 10.6. The van der Waals surface area contributed by atoms with Gasteiger partial charge in [-0.2, -0.15) is 0 Å². The van der Waals surface area contributed by atoms with Gasteiger partial charge in [0.1, 0.15) is 5.82 Å². The van der Waals surface area contributed by atoms with Crippen molar-refractivity contribution in [2.24, 2.45) is 0 Å². The van der Waals surface area contributed by atoms with E-state index in [1.165, 1.54) is 12.1 Å². The molecule has 3 nitrogen and oxygen atoms in total. The maximum atomic E-state index is 13.2. The van der Waals surface area contributed by atoms with Gasteiger partial charge in [0.05, 0.1) is 0 Å². The topological polar surface area (TPSA) is 34.0 Å². The second kappa shape index (κ2) is 5.14. The van der Waals surface area contributed by atoms with Gasteiger partial charge in [-0.05, 0) is 32.2 Å². The number of aromatic nitrogens is 1. The van der Waals surface area contributed by atoms with E-state index in [0.717, 1.165) is 5.69 Å². The van der Waals surface area contributed by atoms with E-state index in [-0.39, 0.29) is 11.2 Å². The summed E-state index contributed by atoms with van der Waals surface area (Å²) in [6.07, 6.45) is 1.75. The third-order valence-corrected chi connectivity index (χ3v) is 2.77. The highest BCUT2D eigenvalue weighted by Gasteiger charge is 2.05. The number of nitrogens with one attached hydrogen (secondary N) is 1. The monoisotopic (exact) mass is 246 g/mol. The van der Waals surface area contributed by atoms with Crippen LogP contribution < -0.4 is 10.7 Å². The Labute approximate surface area is 105 Å². The molecule has 0 fully saturated rings. The van der Waals surface area contributed by atoms with Crippen molar-refractivity contribution in [3.8, 4) is 5.69 Å². The summed E-state index contributed by atoms with van der Waals surface area (Å²) in [6, 6.07) is 7.87. The van der Waals surface area contributed by atoms with Crippen molar-refractivity contribution in [2.45, 2.75) is 13.5 Å². The van der Waals surface area contributed by atoms with E-state index in [1.54, 1.807) is 25.4 Å². The summed E-state index contributed by atoms with van der Waals surface area (Å²) in [5, 5.41) is 2.95. The first kappa shape index (κ1) is 12.5. The van der Waals surface area contributed by atoms with E-state index in [0.29, 0.717) is 17.8 Å². The molecule has 0 radical (unpaired) electrons. The molecule has 2 rings (SSSR count). The first-order chi connectivity index (χ1) is 8.61. The second-order valence-electron chi connectivity index (χ2n) is 4.18. The third kappa shape index (κ3) is 2.49.